The summed E-state index contributed by atoms with van der Waals surface area (Å²) in [5, 5.41) is 4.78. The molecule has 2 aromatic rings. The fourth-order valence-corrected chi connectivity index (χ4v) is 2.54. The highest BCUT2D eigenvalue weighted by atomic mass is 32.2. The lowest BCUT2D eigenvalue weighted by Gasteiger charge is -2.09. The molecule has 96 valence electrons. The molecule has 0 atom stereocenters. The molecule has 1 aromatic heterocycles. The van der Waals surface area contributed by atoms with Gasteiger partial charge in [0, 0.05) is 17.6 Å². The molecule has 0 aliphatic heterocycles. The molecule has 18 heavy (non-hydrogen) atoms. The van der Waals surface area contributed by atoms with E-state index in [0.717, 1.165) is 24.3 Å². The first kappa shape index (κ1) is 13.4. The van der Waals surface area contributed by atoms with Gasteiger partial charge >= 0.3 is 0 Å². The molecular weight excluding hydrogens is 240 g/mol. The first-order valence-corrected chi connectivity index (χ1v) is 7.75. The number of nitrogens with zero attached hydrogens (tertiary/aromatic N) is 1. The minimum absolute atomic E-state index is 0.929. The van der Waals surface area contributed by atoms with E-state index in [1.54, 1.807) is 0 Å². The van der Waals surface area contributed by atoms with Gasteiger partial charge in [0.25, 0.3) is 0 Å². The molecule has 1 N–H and O–H groups in total. The number of hydrogen-bond donors (Lipinski definition) is 1. The minimum Gasteiger partial charge on any atom is -0.313 e. The lowest BCUT2D eigenvalue weighted by atomic mass is 10.1. The van der Waals surface area contributed by atoms with E-state index in [-0.39, 0.29) is 0 Å². The number of nitrogens with one attached hydrogen (secondary N) is 1. The van der Waals surface area contributed by atoms with Crippen LogP contribution < -0.4 is 5.32 Å². The van der Waals surface area contributed by atoms with E-state index in [0.29, 0.717) is 0 Å². The molecule has 0 aliphatic carbocycles. The summed E-state index contributed by atoms with van der Waals surface area (Å²) in [5.41, 5.74) is 3.54. The van der Waals surface area contributed by atoms with Gasteiger partial charge in [0.1, 0.15) is 0 Å². The minimum atomic E-state index is 0.929. The second-order valence-corrected chi connectivity index (χ2v) is 5.45. The van der Waals surface area contributed by atoms with E-state index in [9.17, 15) is 0 Å². The average Bonchev–Trinajstić information content (AvgIpc) is 2.38. The Bertz CT molecular complexity index is 511. The van der Waals surface area contributed by atoms with Crippen molar-refractivity contribution < 1.29 is 0 Å². The quantitative estimate of drug-likeness (QED) is 0.806. The number of thioether (sulfide) groups is 1. The summed E-state index contributed by atoms with van der Waals surface area (Å²) in [7, 11) is 0. The molecule has 2 nitrogen and oxygen atoms in total. The predicted molar refractivity (Wildman–Crippen MR) is 81.2 cm³/mol. The molecule has 0 aliphatic rings. The Labute approximate surface area is 113 Å². The summed E-state index contributed by atoms with van der Waals surface area (Å²) >= 11 is 1.90. The number of para-hydroxylation sites is 1. The van der Waals surface area contributed by atoms with Crippen LogP contribution >= 0.6 is 11.8 Å². The number of pyridine rings is 1. The Morgan fingerprint density at radius 1 is 1.28 bits per heavy atom. The molecule has 0 radical (unpaired) electrons. The molecule has 0 fully saturated rings. The molecule has 0 bridgehead atoms. The van der Waals surface area contributed by atoms with Crippen molar-refractivity contribution in [2.45, 2.75) is 19.9 Å². The van der Waals surface area contributed by atoms with Gasteiger partial charge in [-0.3, -0.25) is 4.98 Å². The van der Waals surface area contributed by atoms with Gasteiger partial charge in [-0.25, -0.2) is 0 Å². The number of rotatable bonds is 6. The fraction of sp³-hybridized carbons (Fsp3) is 0.400. The predicted octanol–water partition coefficient (Wildman–Crippen LogP) is 3.39. The Morgan fingerprint density at radius 2 is 2.11 bits per heavy atom. The van der Waals surface area contributed by atoms with Crippen LogP contribution in [0, 0.1) is 6.92 Å². The Morgan fingerprint density at radius 3 is 2.94 bits per heavy atom. The van der Waals surface area contributed by atoms with Gasteiger partial charge < -0.3 is 5.32 Å². The number of aryl methyl sites for hydroxylation is 1. The van der Waals surface area contributed by atoms with Crippen molar-refractivity contribution in [2.75, 3.05) is 18.6 Å². The number of fused-ring (bicyclic) bond motifs is 1. The van der Waals surface area contributed by atoms with Gasteiger partial charge in [-0.2, -0.15) is 11.8 Å². The molecule has 1 heterocycles. The first-order valence-electron chi connectivity index (χ1n) is 6.36. The van der Waals surface area contributed by atoms with E-state index >= 15 is 0 Å². The lowest BCUT2D eigenvalue weighted by molar-refractivity contribution is 0.681. The van der Waals surface area contributed by atoms with Crippen molar-refractivity contribution in [3.05, 3.63) is 41.6 Å². The third kappa shape index (κ3) is 3.47. The van der Waals surface area contributed by atoms with Gasteiger partial charge in [-0.05, 0) is 49.6 Å². The maximum atomic E-state index is 4.56. The van der Waals surface area contributed by atoms with Crippen LogP contribution in [0.4, 0.5) is 0 Å². The van der Waals surface area contributed by atoms with Crippen molar-refractivity contribution in [1.29, 1.82) is 0 Å². The standard InChI is InChI=1S/C15H20N2S/c1-12-10-13(11-16-8-5-9-18-2)14-6-3-4-7-15(14)17-12/h3-4,6-7,10,16H,5,8-9,11H2,1-2H3. The van der Waals surface area contributed by atoms with Crippen LogP contribution in [0.2, 0.25) is 0 Å². The Hall–Kier alpha value is -1.06. The topological polar surface area (TPSA) is 24.9 Å². The second-order valence-electron chi connectivity index (χ2n) is 4.46. The summed E-state index contributed by atoms with van der Waals surface area (Å²) in [4.78, 5) is 4.56. The summed E-state index contributed by atoms with van der Waals surface area (Å²) in [6.45, 7) is 4.07. The average molecular weight is 260 g/mol. The maximum absolute atomic E-state index is 4.56. The third-order valence-corrected chi connectivity index (χ3v) is 3.64. The molecule has 0 saturated carbocycles. The molecule has 0 spiro atoms. The molecule has 0 unspecified atom stereocenters. The maximum Gasteiger partial charge on any atom is 0.0708 e. The molecule has 0 amide bonds. The van der Waals surface area contributed by atoms with Crippen LogP contribution in [0.15, 0.2) is 30.3 Å². The Kier molecular flexibility index (Phi) is 5.02. The molecule has 0 saturated heterocycles. The van der Waals surface area contributed by atoms with E-state index in [2.05, 4.69) is 47.7 Å². The zero-order valence-corrected chi connectivity index (χ0v) is 11.9. The lowest BCUT2D eigenvalue weighted by Crippen LogP contribution is -2.15. The van der Waals surface area contributed by atoms with Gasteiger partial charge in [-0.15, -0.1) is 0 Å². The molecule has 1 aromatic carbocycles. The monoisotopic (exact) mass is 260 g/mol. The third-order valence-electron chi connectivity index (χ3n) is 2.95. The SMILES string of the molecule is CSCCCNCc1cc(C)nc2ccccc12. The van der Waals surface area contributed by atoms with Crippen LogP contribution in [0.3, 0.4) is 0 Å². The summed E-state index contributed by atoms with van der Waals surface area (Å²) in [6, 6.07) is 10.5. The smallest absolute Gasteiger partial charge is 0.0708 e. The number of benzene rings is 1. The van der Waals surface area contributed by atoms with Crippen molar-refractivity contribution in [3.8, 4) is 0 Å². The van der Waals surface area contributed by atoms with Crippen molar-refractivity contribution in [2.24, 2.45) is 0 Å². The highest BCUT2D eigenvalue weighted by Crippen LogP contribution is 2.17. The van der Waals surface area contributed by atoms with Crippen LogP contribution in [0.5, 0.6) is 0 Å². The van der Waals surface area contributed by atoms with Gasteiger partial charge in [0.05, 0.1) is 5.52 Å². The van der Waals surface area contributed by atoms with Crippen molar-refractivity contribution in [1.82, 2.24) is 10.3 Å². The molecule has 3 heteroatoms. The number of hydrogen-bond acceptors (Lipinski definition) is 3. The summed E-state index contributed by atoms with van der Waals surface area (Å²) in [6.07, 6.45) is 3.38. The summed E-state index contributed by atoms with van der Waals surface area (Å²) in [5.74, 6) is 1.23. The molecule has 2 rings (SSSR count). The van der Waals surface area contributed by atoms with Crippen molar-refractivity contribution >= 4 is 22.7 Å². The second kappa shape index (κ2) is 6.76. The van der Waals surface area contributed by atoms with E-state index in [1.807, 2.05) is 17.8 Å². The van der Waals surface area contributed by atoms with E-state index in [1.165, 1.54) is 23.1 Å². The highest BCUT2D eigenvalue weighted by molar-refractivity contribution is 7.98. The van der Waals surface area contributed by atoms with Crippen LogP contribution in [0.1, 0.15) is 17.7 Å². The normalized spacial score (nSPS) is 11.0. The van der Waals surface area contributed by atoms with Gasteiger partial charge in [0.15, 0.2) is 0 Å². The van der Waals surface area contributed by atoms with Crippen molar-refractivity contribution in [3.63, 3.8) is 0 Å². The van der Waals surface area contributed by atoms with E-state index < -0.39 is 0 Å². The van der Waals surface area contributed by atoms with Crippen LogP contribution in [0.25, 0.3) is 10.9 Å². The number of aromatic nitrogens is 1. The fourth-order valence-electron chi connectivity index (χ4n) is 2.11. The van der Waals surface area contributed by atoms with Gasteiger partial charge in [0.2, 0.25) is 0 Å². The zero-order valence-electron chi connectivity index (χ0n) is 11.1. The zero-order chi connectivity index (χ0) is 12.8. The molecular formula is C15H20N2S. The Balaban J connectivity index is 2.07. The van der Waals surface area contributed by atoms with Crippen LogP contribution in [-0.2, 0) is 6.54 Å². The van der Waals surface area contributed by atoms with Gasteiger partial charge in [-0.1, -0.05) is 18.2 Å². The largest absolute Gasteiger partial charge is 0.313 e. The van der Waals surface area contributed by atoms with E-state index in [4.69, 9.17) is 0 Å². The van der Waals surface area contributed by atoms with Crippen LogP contribution in [-0.4, -0.2) is 23.5 Å². The summed E-state index contributed by atoms with van der Waals surface area (Å²) < 4.78 is 0. The first-order chi connectivity index (χ1) is 8.81. The highest BCUT2D eigenvalue weighted by Gasteiger charge is 2.02.